The summed E-state index contributed by atoms with van der Waals surface area (Å²) < 4.78 is 7.78. The second-order valence-corrected chi connectivity index (χ2v) is 6.69. The van der Waals surface area contributed by atoms with E-state index in [1.807, 2.05) is 23.4 Å². The zero-order valence-corrected chi connectivity index (χ0v) is 15.8. The first kappa shape index (κ1) is 20.6. The van der Waals surface area contributed by atoms with E-state index in [4.69, 9.17) is 4.74 Å². The summed E-state index contributed by atoms with van der Waals surface area (Å²) in [5.74, 6) is 1.95. The van der Waals surface area contributed by atoms with Crippen LogP contribution in [0.2, 0.25) is 0 Å². The topological polar surface area (TPSA) is 59.4 Å². The molecule has 23 heavy (non-hydrogen) atoms. The van der Waals surface area contributed by atoms with E-state index in [9.17, 15) is 4.79 Å². The Kier molecular flexibility index (Phi) is 8.17. The maximum Gasteiger partial charge on any atom is 0.240 e. The van der Waals surface area contributed by atoms with Crippen molar-refractivity contribution in [1.82, 2.24) is 20.0 Å². The second kappa shape index (κ2) is 9.13. The van der Waals surface area contributed by atoms with Gasteiger partial charge in [-0.1, -0.05) is 0 Å². The van der Waals surface area contributed by atoms with E-state index in [0.717, 1.165) is 23.0 Å². The number of nitrogens with zero attached hydrogens (tertiary/aromatic N) is 3. The number of aryl methyl sites for hydroxylation is 2. The summed E-state index contributed by atoms with van der Waals surface area (Å²) in [5.41, 5.74) is 2.15. The average molecular weight is 383 g/mol. The highest BCUT2D eigenvalue weighted by atomic mass is 35.5. The van der Waals surface area contributed by atoms with Gasteiger partial charge in [-0.3, -0.25) is 14.8 Å². The van der Waals surface area contributed by atoms with Gasteiger partial charge in [0.15, 0.2) is 0 Å². The number of ether oxygens (including phenoxy) is 1. The smallest absolute Gasteiger partial charge is 0.240 e. The predicted octanol–water partition coefficient (Wildman–Crippen LogP) is 1.23. The van der Waals surface area contributed by atoms with Gasteiger partial charge in [-0.25, -0.2) is 0 Å². The van der Waals surface area contributed by atoms with Crippen molar-refractivity contribution in [1.29, 1.82) is 0 Å². The highest BCUT2D eigenvalue weighted by molar-refractivity contribution is 7.99. The van der Waals surface area contributed by atoms with E-state index >= 15 is 0 Å². The molecule has 0 bridgehead atoms. The number of amides is 1. The van der Waals surface area contributed by atoms with Crippen LogP contribution in [-0.4, -0.2) is 64.1 Å². The van der Waals surface area contributed by atoms with Gasteiger partial charge in [0.1, 0.15) is 0 Å². The van der Waals surface area contributed by atoms with Crippen LogP contribution in [0.15, 0.2) is 6.07 Å². The molecule has 1 N–H and O–H groups in total. The number of nitrogens with one attached hydrogen (secondary N) is 1. The Balaban J connectivity index is 0.00000132. The first-order valence-electron chi connectivity index (χ1n) is 7.36. The van der Waals surface area contributed by atoms with Gasteiger partial charge in [-0.15, -0.1) is 36.6 Å². The first-order valence-corrected chi connectivity index (χ1v) is 8.51. The fraction of sp³-hybridized carbons (Fsp3) is 0.714. The third-order valence-corrected chi connectivity index (χ3v) is 4.88. The molecular formula is C14H24Cl2N4O2S. The molecule has 0 radical (unpaired) electrons. The van der Waals surface area contributed by atoms with E-state index in [2.05, 4.69) is 16.5 Å². The molecule has 2 saturated heterocycles. The van der Waals surface area contributed by atoms with Crippen LogP contribution in [0.25, 0.3) is 0 Å². The average Bonchev–Trinajstić information content (AvgIpc) is 3.09. The highest BCUT2D eigenvalue weighted by Crippen LogP contribution is 2.15. The fourth-order valence-electron chi connectivity index (χ4n) is 2.86. The van der Waals surface area contributed by atoms with Gasteiger partial charge >= 0.3 is 0 Å². The molecule has 6 nitrogen and oxygen atoms in total. The van der Waals surface area contributed by atoms with Crippen LogP contribution in [0.5, 0.6) is 0 Å². The van der Waals surface area contributed by atoms with Gasteiger partial charge in [0, 0.05) is 30.4 Å². The molecule has 0 spiro atoms. The highest BCUT2D eigenvalue weighted by Gasteiger charge is 2.31. The summed E-state index contributed by atoms with van der Waals surface area (Å²) in [6.07, 6.45) is 0.0229. The van der Waals surface area contributed by atoms with Crippen LogP contribution >= 0.6 is 36.6 Å². The van der Waals surface area contributed by atoms with Crippen molar-refractivity contribution in [3.8, 4) is 0 Å². The number of carbonyl (C=O) groups is 1. The molecule has 2 unspecified atom stereocenters. The van der Waals surface area contributed by atoms with Gasteiger partial charge in [0.05, 0.1) is 31.0 Å². The Bertz CT molecular complexity index is 523. The molecule has 1 amide bonds. The quantitative estimate of drug-likeness (QED) is 0.851. The van der Waals surface area contributed by atoms with Crippen molar-refractivity contribution in [3.63, 3.8) is 0 Å². The van der Waals surface area contributed by atoms with Crippen molar-refractivity contribution in [3.05, 3.63) is 17.5 Å². The number of rotatable bonds is 3. The third-order valence-electron chi connectivity index (χ3n) is 3.94. The van der Waals surface area contributed by atoms with E-state index in [-0.39, 0.29) is 42.9 Å². The molecule has 1 aromatic heterocycles. The lowest BCUT2D eigenvalue weighted by atomic mass is 10.2. The Morgan fingerprint density at radius 3 is 2.87 bits per heavy atom. The minimum atomic E-state index is -0.0255. The van der Waals surface area contributed by atoms with Crippen molar-refractivity contribution in [2.75, 3.05) is 31.3 Å². The number of hydrogen-bond donors (Lipinski definition) is 1. The minimum absolute atomic E-state index is 0. The van der Waals surface area contributed by atoms with Crippen LogP contribution in [0.1, 0.15) is 11.4 Å². The molecule has 0 saturated carbocycles. The summed E-state index contributed by atoms with van der Waals surface area (Å²) in [7, 11) is 0. The third kappa shape index (κ3) is 5.00. The Hall–Kier alpha value is -0.470. The molecule has 3 heterocycles. The lowest BCUT2D eigenvalue weighted by molar-refractivity contribution is -0.140. The maximum atomic E-state index is 12.4. The lowest BCUT2D eigenvalue weighted by Crippen LogP contribution is -2.52. The van der Waals surface area contributed by atoms with Crippen LogP contribution < -0.4 is 5.32 Å². The first-order chi connectivity index (χ1) is 10.1. The fourth-order valence-corrected chi connectivity index (χ4v) is 3.79. The number of thioether (sulfide) groups is 1. The molecule has 3 rings (SSSR count). The number of aromatic nitrogens is 2. The monoisotopic (exact) mass is 382 g/mol. The number of carbonyl (C=O) groups excluding carboxylic acids is 1. The number of halogens is 2. The molecule has 2 atom stereocenters. The summed E-state index contributed by atoms with van der Waals surface area (Å²) >= 11 is 1.78. The molecule has 0 aliphatic carbocycles. The van der Waals surface area contributed by atoms with E-state index in [1.54, 1.807) is 11.8 Å². The molecule has 2 fully saturated rings. The maximum absolute atomic E-state index is 12.4. The van der Waals surface area contributed by atoms with Crippen molar-refractivity contribution in [2.45, 2.75) is 32.5 Å². The number of morpholine rings is 1. The van der Waals surface area contributed by atoms with Gasteiger partial charge in [0.25, 0.3) is 0 Å². The number of hydrogen-bond acceptors (Lipinski definition) is 5. The molecule has 0 aromatic carbocycles. The van der Waals surface area contributed by atoms with E-state index in [1.165, 1.54) is 0 Å². The van der Waals surface area contributed by atoms with E-state index in [0.29, 0.717) is 26.2 Å². The molecule has 1 aromatic rings. The van der Waals surface area contributed by atoms with Gasteiger partial charge in [0.2, 0.25) is 5.91 Å². The Morgan fingerprint density at radius 1 is 1.48 bits per heavy atom. The standard InChI is InChI=1S/C14H22N4O2S.2ClH/c1-10-5-11(2)18(16-10)7-12-6-17(3-4-20-12)14(19)13-8-21-9-15-13;;/h5,12-13,15H,3-4,6-9H2,1-2H3;2*1H. The van der Waals surface area contributed by atoms with Crippen LogP contribution in [0, 0.1) is 13.8 Å². The Morgan fingerprint density at radius 2 is 2.26 bits per heavy atom. The van der Waals surface area contributed by atoms with Gasteiger partial charge < -0.3 is 9.64 Å². The van der Waals surface area contributed by atoms with Crippen LogP contribution in [-0.2, 0) is 16.1 Å². The van der Waals surface area contributed by atoms with Crippen molar-refractivity contribution >= 4 is 42.5 Å². The largest absolute Gasteiger partial charge is 0.373 e. The van der Waals surface area contributed by atoms with Crippen LogP contribution in [0.4, 0.5) is 0 Å². The molecule has 9 heteroatoms. The van der Waals surface area contributed by atoms with Crippen molar-refractivity contribution < 1.29 is 9.53 Å². The summed E-state index contributed by atoms with van der Waals surface area (Å²) in [6.45, 7) is 6.69. The normalized spacial score (nSPS) is 24.0. The lowest BCUT2D eigenvalue weighted by Gasteiger charge is -2.34. The summed E-state index contributed by atoms with van der Waals surface area (Å²) in [5, 5.41) is 7.71. The molecule has 132 valence electrons. The minimum Gasteiger partial charge on any atom is -0.373 e. The summed E-state index contributed by atoms with van der Waals surface area (Å²) in [6, 6.07) is 2.04. The molecule has 2 aliphatic heterocycles. The second-order valence-electron chi connectivity index (χ2n) is 5.66. The SMILES string of the molecule is Cc1cc(C)n(CC2CN(C(=O)C3CSCN3)CCO2)n1.Cl.Cl. The zero-order valence-electron chi connectivity index (χ0n) is 13.4. The Labute approximate surface area is 153 Å². The van der Waals surface area contributed by atoms with Gasteiger partial charge in [-0.05, 0) is 19.9 Å². The zero-order chi connectivity index (χ0) is 14.8. The van der Waals surface area contributed by atoms with E-state index < -0.39 is 0 Å². The van der Waals surface area contributed by atoms with Gasteiger partial charge in [-0.2, -0.15) is 5.10 Å². The molecule has 2 aliphatic rings. The van der Waals surface area contributed by atoms with Crippen molar-refractivity contribution in [2.24, 2.45) is 0 Å². The predicted molar refractivity (Wildman–Crippen MR) is 96.8 cm³/mol. The summed E-state index contributed by atoms with van der Waals surface area (Å²) in [4.78, 5) is 14.4. The van der Waals surface area contributed by atoms with Crippen LogP contribution in [0.3, 0.4) is 0 Å². The molecular weight excluding hydrogens is 359 g/mol.